The van der Waals surface area contributed by atoms with Crippen LogP contribution in [-0.4, -0.2) is 18.3 Å². The molecule has 0 aliphatic heterocycles. The maximum atomic E-state index is 12.2. The summed E-state index contributed by atoms with van der Waals surface area (Å²) < 4.78 is 0. The van der Waals surface area contributed by atoms with Gasteiger partial charge in [-0.2, -0.15) is 0 Å². The number of unbranched alkanes of at least 4 members (excludes halogenated alkanes) is 2. The van der Waals surface area contributed by atoms with Crippen molar-refractivity contribution in [3.05, 3.63) is 35.9 Å². The van der Waals surface area contributed by atoms with Crippen molar-refractivity contribution in [1.29, 1.82) is 0 Å². The van der Waals surface area contributed by atoms with Gasteiger partial charge in [0.2, 0.25) is 5.91 Å². The molecule has 0 unspecified atom stereocenters. The van der Waals surface area contributed by atoms with Crippen molar-refractivity contribution in [3.63, 3.8) is 0 Å². The van der Waals surface area contributed by atoms with E-state index in [1.165, 1.54) is 0 Å². The summed E-state index contributed by atoms with van der Waals surface area (Å²) in [5.74, 6) is 0.781. The quantitative estimate of drug-likeness (QED) is 0.595. The number of hydrogen-bond donors (Lipinski definition) is 1. The molecule has 0 aromatic heterocycles. The molecule has 1 aromatic carbocycles. The number of carbonyl (C=O) groups excluding carboxylic acids is 1. The van der Waals surface area contributed by atoms with E-state index >= 15 is 0 Å². The number of hydrogen-bond acceptors (Lipinski definition) is 1. The van der Waals surface area contributed by atoms with Gasteiger partial charge in [0.25, 0.3) is 0 Å². The Hall–Kier alpha value is -1.02. The van der Waals surface area contributed by atoms with Gasteiger partial charge >= 0.3 is 0 Å². The molecule has 0 bridgehead atoms. The molecule has 0 aliphatic rings. The van der Waals surface area contributed by atoms with E-state index in [2.05, 4.69) is 5.32 Å². The van der Waals surface area contributed by atoms with Gasteiger partial charge in [0.05, 0.1) is 5.41 Å². The zero-order chi connectivity index (χ0) is 13.4. The van der Waals surface area contributed by atoms with Gasteiger partial charge in [-0.25, -0.2) is 0 Å². The molecule has 0 saturated heterocycles. The molecule has 1 N–H and O–H groups in total. The summed E-state index contributed by atoms with van der Waals surface area (Å²) in [5.41, 5.74) is 0.566. The molecular weight excluding hydrogens is 246 g/mol. The Balaban J connectivity index is 2.45. The van der Waals surface area contributed by atoms with Gasteiger partial charge in [-0.1, -0.05) is 36.8 Å². The van der Waals surface area contributed by atoms with Crippen LogP contribution in [0.5, 0.6) is 0 Å². The van der Waals surface area contributed by atoms with Gasteiger partial charge in [-0.15, -0.1) is 11.6 Å². The van der Waals surface area contributed by atoms with Crippen LogP contribution in [0.1, 0.15) is 38.7 Å². The lowest BCUT2D eigenvalue weighted by Crippen LogP contribution is -2.40. The van der Waals surface area contributed by atoms with Crippen molar-refractivity contribution < 1.29 is 4.79 Å². The second-order valence-corrected chi connectivity index (χ2v) is 5.37. The van der Waals surface area contributed by atoms with Gasteiger partial charge in [0, 0.05) is 12.4 Å². The first-order chi connectivity index (χ1) is 8.59. The Morgan fingerprint density at radius 3 is 2.44 bits per heavy atom. The van der Waals surface area contributed by atoms with Crippen LogP contribution >= 0.6 is 11.6 Å². The first-order valence-electron chi connectivity index (χ1n) is 6.49. The molecule has 0 aliphatic carbocycles. The maximum absolute atomic E-state index is 12.2. The first kappa shape index (κ1) is 15.0. The number of rotatable bonds is 7. The van der Waals surface area contributed by atoms with E-state index in [9.17, 15) is 4.79 Å². The molecule has 0 saturated carbocycles. The number of alkyl halides is 1. The SMILES string of the molecule is CC(C)(C(=O)NCCCCCCl)c1ccccc1. The Morgan fingerprint density at radius 2 is 1.83 bits per heavy atom. The van der Waals surface area contributed by atoms with Crippen LogP contribution < -0.4 is 5.32 Å². The Kier molecular flexibility index (Phi) is 6.20. The minimum absolute atomic E-state index is 0.0829. The normalized spacial score (nSPS) is 11.3. The van der Waals surface area contributed by atoms with Crippen molar-refractivity contribution in [2.45, 2.75) is 38.5 Å². The monoisotopic (exact) mass is 267 g/mol. The zero-order valence-electron chi connectivity index (χ0n) is 11.2. The summed E-state index contributed by atoms with van der Waals surface area (Å²) in [6, 6.07) is 9.87. The number of halogens is 1. The largest absolute Gasteiger partial charge is 0.355 e. The molecule has 0 heterocycles. The van der Waals surface area contributed by atoms with E-state index in [-0.39, 0.29) is 5.91 Å². The van der Waals surface area contributed by atoms with E-state index in [0.29, 0.717) is 5.88 Å². The molecule has 18 heavy (non-hydrogen) atoms. The van der Waals surface area contributed by atoms with Crippen LogP contribution in [0, 0.1) is 0 Å². The van der Waals surface area contributed by atoms with Crippen molar-refractivity contribution in [3.8, 4) is 0 Å². The fourth-order valence-corrected chi connectivity index (χ4v) is 1.99. The van der Waals surface area contributed by atoms with E-state index in [1.807, 2.05) is 44.2 Å². The van der Waals surface area contributed by atoms with Crippen LogP contribution in [0.2, 0.25) is 0 Å². The second kappa shape index (κ2) is 7.42. The molecule has 100 valence electrons. The van der Waals surface area contributed by atoms with Crippen molar-refractivity contribution in [2.75, 3.05) is 12.4 Å². The van der Waals surface area contributed by atoms with Gasteiger partial charge < -0.3 is 5.32 Å². The third-order valence-electron chi connectivity index (χ3n) is 3.16. The fraction of sp³-hybridized carbons (Fsp3) is 0.533. The number of benzene rings is 1. The van der Waals surface area contributed by atoms with Gasteiger partial charge in [-0.05, 0) is 32.3 Å². The van der Waals surface area contributed by atoms with Gasteiger partial charge in [0.1, 0.15) is 0 Å². The summed E-state index contributed by atoms with van der Waals surface area (Å²) in [7, 11) is 0. The Morgan fingerprint density at radius 1 is 1.17 bits per heavy atom. The lowest BCUT2D eigenvalue weighted by Gasteiger charge is -2.24. The molecule has 1 amide bonds. The summed E-state index contributed by atoms with van der Waals surface area (Å²) in [6.07, 6.45) is 3.07. The third kappa shape index (κ3) is 4.34. The standard InChI is InChI=1S/C15H22ClNO/c1-15(2,13-9-5-3-6-10-13)14(18)17-12-8-4-7-11-16/h3,5-6,9-10H,4,7-8,11-12H2,1-2H3,(H,17,18). The highest BCUT2D eigenvalue weighted by Crippen LogP contribution is 2.22. The summed E-state index contributed by atoms with van der Waals surface area (Å²) >= 11 is 5.61. The minimum atomic E-state index is -0.478. The third-order valence-corrected chi connectivity index (χ3v) is 3.43. The molecule has 2 nitrogen and oxygen atoms in total. The van der Waals surface area contributed by atoms with Crippen molar-refractivity contribution in [2.24, 2.45) is 0 Å². The molecule has 0 atom stereocenters. The second-order valence-electron chi connectivity index (χ2n) is 5.00. The van der Waals surface area contributed by atoms with Crippen LogP contribution in [0.25, 0.3) is 0 Å². The summed E-state index contributed by atoms with van der Waals surface area (Å²) in [5, 5.41) is 3.00. The van der Waals surface area contributed by atoms with Gasteiger partial charge in [0.15, 0.2) is 0 Å². The van der Waals surface area contributed by atoms with Gasteiger partial charge in [-0.3, -0.25) is 4.79 Å². The molecule has 1 rings (SSSR count). The average Bonchev–Trinajstić information content (AvgIpc) is 2.39. The summed E-state index contributed by atoms with van der Waals surface area (Å²) in [6.45, 7) is 4.64. The topological polar surface area (TPSA) is 29.1 Å². The number of amides is 1. The van der Waals surface area contributed by atoms with Crippen LogP contribution in [-0.2, 0) is 10.2 Å². The molecule has 3 heteroatoms. The summed E-state index contributed by atoms with van der Waals surface area (Å²) in [4.78, 5) is 12.2. The van der Waals surface area contributed by atoms with E-state index in [1.54, 1.807) is 0 Å². The van der Waals surface area contributed by atoms with Crippen LogP contribution in [0.4, 0.5) is 0 Å². The van der Waals surface area contributed by atoms with Crippen LogP contribution in [0.15, 0.2) is 30.3 Å². The first-order valence-corrected chi connectivity index (χ1v) is 7.02. The highest BCUT2D eigenvalue weighted by molar-refractivity contribution is 6.17. The van der Waals surface area contributed by atoms with E-state index in [4.69, 9.17) is 11.6 Å². The molecule has 0 radical (unpaired) electrons. The number of nitrogens with one attached hydrogen (secondary N) is 1. The fourth-order valence-electron chi connectivity index (χ4n) is 1.81. The Labute approximate surface area is 115 Å². The Bertz CT molecular complexity index is 362. The predicted octanol–water partition coefficient (Wildman–Crippen LogP) is 3.49. The smallest absolute Gasteiger partial charge is 0.230 e. The highest BCUT2D eigenvalue weighted by atomic mass is 35.5. The zero-order valence-corrected chi connectivity index (χ0v) is 12.0. The molecule has 0 spiro atoms. The number of carbonyl (C=O) groups is 1. The molecular formula is C15H22ClNO. The highest BCUT2D eigenvalue weighted by Gasteiger charge is 2.28. The lowest BCUT2D eigenvalue weighted by atomic mass is 9.84. The van der Waals surface area contributed by atoms with Crippen molar-refractivity contribution >= 4 is 17.5 Å². The minimum Gasteiger partial charge on any atom is -0.355 e. The lowest BCUT2D eigenvalue weighted by molar-refractivity contribution is -0.125. The average molecular weight is 268 g/mol. The molecule has 1 aromatic rings. The van der Waals surface area contributed by atoms with E-state index in [0.717, 1.165) is 31.4 Å². The predicted molar refractivity (Wildman–Crippen MR) is 77.0 cm³/mol. The van der Waals surface area contributed by atoms with Crippen LogP contribution in [0.3, 0.4) is 0 Å². The molecule has 0 fully saturated rings. The van der Waals surface area contributed by atoms with E-state index < -0.39 is 5.41 Å². The maximum Gasteiger partial charge on any atom is 0.230 e. The van der Waals surface area contributed by atoms with Crippen molar-refractivity contribution in [1.82, 2.24) is 5.32 Å².